The number of thiophene rings is 1. The first-order valence-electron chi connectivity index (χ1n) is 5.65. The SMILES string of the molecule is CCCC(NCc1ccn[nH]1)c1cccs1. The summed E-state index contributed by atoms with van der Waals surface area (Å²) in [5.41, 5.74) is 1.14. The van der Waals surface area contributed by atoms with E-state index in [1.165, 1.54) is 17.7 Å². The number of nitrogens with zero attached hydrogens (tertiary/aromatic N) is 1. The minimum atomic E-state index is 0.466. The lowest BCUT2D eigenvalue weighted by molar-refractivity contribution is 0.496. The molecule has 1 unspecified atom stereocenters. The van der Waals surface area contributed by atoms with Crippen molar-refractivity contribution in [3.8, 4) is 0 Å². The zero-order valence-corrected chi connectivity index (χ0v) is 10.3. The number of hydrogen-bond acceptors (Lipinski definition) is 3. The predicted molar refractivity (Wildman–Crippen MR) is 67.4 cm³/mol. The molecule has 16 heavy (non-hydrogen) atoms. The van der Waals surface area contributed by atoms with Crippen LogP contribution >= 0.6 is 11.3 Å². The van der Waals surface area contributed by atoms with Crippen LogP contribution in [0.15, 0.2) is 29.8 Å². The summed E-state index contributed by atoms with van der Waals surface area (Å²) in [7, 11) is 0. The first-order chi connectivity index (χ1) is 7.90. The molecule has 0 spiro atoms. The molecule has 0 saturated carbocycles. The molecule has 1 atom stereocenters. The molecule has 86 valence electrons. The van der Waals surface area contributed by atoms with Crippen LogP contribution in [0.1, 0.15) is 36.4 Å². The average Bonchev–Trinajstić information content (AvgIpc) is 2.96. The number of aromatic amines is 1. The molecule has 0 fully saturated rings. The molecule has 0 aliphatic rings. The van der Waals surface area contributed by atoms with Crippen molar-refractivity contribution in [2.45, 2.75) is 32.4 Å². The molecule has 3 nitrogen and oxygen atoms in total. The van der Waals surface area contributed by atoms with Crippen LogP contribution in [0.2, 0.25) is 0 Å². The summed E-state index contributed by atoms with van der Waals surface area (Å²) in [6.45, 7) is 3.07. The topological polar surface area (TPSA) is 40.7 Å². The number of nitrogens with one attached hydrogen (secondary N) is 2. The zero-order valence-electron chi connectivity index (χ0n) is 9.44. The molecule has 2 N–H and O–H groups in total. The third-order valence-electron chi connectivity index (χ3n) is 2.56. The van der Waals surface area contributed by atoms with E-state index in [0.717, 1.165) is 12.2 Å². The van der Waals surface area contributed by atoms with Crippen LogP contribution in [0.4, 0.5) is 0 Å². The van der Waals surface area contributed by atoms with Gasteiger partial charge in [0, 0.05) is 29.4 Å². The van der Waals surface area contributed by atoms with E-state index < -0.39 is 0 Å². The van der Waals surface area contributed by atoms with Crippen molar-refractivity contribution in [2.24, 2.45) is 0 Å². The molecule has 2 heterocycles. The summed E-state index contributed by atoms with van der Waals surface area (Å²) in [4.78, 5) is 1.42. The van der Waals surface area contributed by atoms with Gasteiger partial charge in [-0.25, -0.2) is 0 Å². The van der Waals surface area contributed by atoms with Crippen LogP contribution in [-0.2, 0) is 6.54 Å². The van der Waals surface area contributed by atoms with Crippen LogP contribution in [-0.4, -0.2) is 10.2 Å². The highest BCUT2D eigenvalue weighted by Gasteiger charge is 2.10. The Labute approximate surface area is 99.9 Å². The molecule has 0 aliphatic carbocycles. The maximum absolute atomic E-state index is 3.95. The predicted octanol–water partition coefficient (Wildman–Crippen LogP) is 3.10. The Kier molecular flexibility index (Phi) is 4.13. The van der Waals surface area contributed by atoms with E-state index in [1.807, 2.05) is 17.4 Å². The number of H-pyrrole nitrogens is 1. The quantitative estimate of drug-likeness (QED) is 0.807. The summed E-state index contributed by atoms with van der Waals surface area (Å²) < 4.78 is 0. The molecule has 0 saturated heterocycles. The van der Waals surface area contributed by atoms with Gasteiger partial charge in [0.15, 0.2) is 0 Å². The third kappa shape index (κ3) is 2.93. The van der Waals surface area contributed by atoms with Crippen LogP contribution in [0.3, 0.4) is 0 Å². The van der Waals surface area contributed by atoms with E-state index in [2.05, 4.69) is 40.0 Å². The largest absolute Gasteiger partial charge is 0.304 e. The van der Waals surface area contributed by atoms with Gasteiger partial charge in [-0.05, 0) is 23.9 Å². The normalized spacial score (nSPS) is 12.8. The Morgan fingerprint density at radius 3 is 3.06 bits per heavy atom. The summed E-state index contributed by atoms with van der Waals surface area (Å²) in [5.74, 6) is 0. The van der Waals surface area contributed by atoms with E-state index in [0.29, 0.717) is 6.04 Å². The molecule has 0 amide bonds. The second-order valence-electron chi connectivity index (χ2n) is 3.82. The van der Waals surface area contributed by atoms with Gasteiger partial charge in [0.05, 0.1) is 0 Å². The van der Waals surface area contributed by atoms with Crippen LogP contribution in [0.25, 0.3) is 0 Å². The van der Waals surface area contributed by atoms with Crippen molar-refractivity contribution in [1.29, 1.82) is 0 Å². The molecule has 0 aromatic carbocycles. The monoisotopic (exact) mass is 235 g/mol. The van der Waals surface area contributed by atoms with Gasteiger partial charge < -0.3 is 5.32 Å². The van der Waals surface area contributed by atoms with Gasteiger partial charge in [-0.3, -0.25) is 5.10 Å². The number of aromatic nitrogens is 2. The summed E-state index contributed by atoms with van der Waals surface area (Å²) in [6.07, 6.45) is 4.16. The highest BCUT2D eigenvalue weighted by atomic mass is 32.1. The van der Waals surface area contributed by atoms with Gasteiger partial charge in [-0.15, -0.1) is 11.3 Å². The zero-order chi connectivity index (χ0) is 11.2. The van der Waals surface area contributed by atoms with E-state index in [-0.39, 0.29) is 0 Å². The molecule has 0 radical (unpaired) electrons. The van der Waals surface area contributed by atoms with Gasteiger partial charge in [-0.1, -0.05) is 19.4 Å². The van der Waals surface area contributed by atoms with Gasteiger partial charge >= 0.3 is 0 Å². The number of rotatable bonds is 6. The van der Waals surface area contributed by atoms with Gasteiger partial charge in [0.25, 0.3) is 0 Å². The Morgan fingerprint density at radius 1 is 1.50 bits per heavy atom. The maximum atomic E-state index is 3.95. The Hall–Kier alpha value is -1.13. The molecular weight excluding hydrogens is 218 g/mol. The van der Waals surface area contributed by atoms with E-state index in [9.17, 15) is 0 Å². The summed E-state index contributed by atoms with van der Waals surface area (Å²) in [6, 6.07) is 6.78. The third-order valence-corrected chi connectivity index (χ3v) is 3.55. The van der Waals surface area contributed by atoms with Crippen molar-refractivity contribution in [2.75, 3.05) is 0 Å². The molecule has 2 aromatic rings. The van der Waals surface area contributed by atoms with Crippen molar-refractivity contribution >= 4 is 11.3 Å². The van der Waals surface area contributed by atoms with E-state index in [4.69, 9.17) is 0 Å². The Balaban J connectivity index is 1.93. The van der Waals surface area contributed by atoms with Crippen molar-refractivity contribution in [3.63, 3.8) is 0 Å². The first kappa shape index (κ1) is 11.4. The Bertz CT molecular complexity index is 380. The molecule has 2 rings (SSSR count). The highest BCUT2D eigenvalue weighted by Crippen LogP contribution is 2.23. The van der Waals surface area contributed by atoms with Gasteiger partial charge in [0.2, 0.25) is 0 Å². The van der Waals surface area contributed by atoms with Gasteiger partial charge in [-0.2, -0.15) is 5.10 Å². The smallest absolute Gasteiger partial charge is 0.0490 e. The minimum Gasteiger partial charge on any atom is -0.304 e. The fraction of sp³-hybridized carbons (Fsp3) is 0.417. The second kappa shape index (κ2) is 5.82. The molecular formula is C12H17N3S. The first-order valence-corrected chi connectivity index (χ1v) is 6.53. The van der Waals surface area contributed by atoms with E-state index >= 15 is 0 Å². The molecule has 4 heteroatoms. The standard InChI is InChI=1S/C12H17N3S/c1-2-4-11(12-5-3-8-16-12)13-9-10-6-7-14-15-10/h3,5-8,11,13H,2,4,9H2,1H3,(H,14,15). The second-order valence-corrected chi connectivity index (χ2v) is 4.80. The van der Waals surface area contributed by atoms with Crippen molar-refractivity contribution < 1.29 is 0 Å². The fourth-order valence-electron chi connectivity index (χ4n) is 1.74. The summed E-state index contributed by atoms with van der Waals surface area (Å²) >= 11 is 1.82. The lowest BCUT2D eigenvalue weighted by atomic mass is 10.1. The maximum Gasteiger partial charge on any atom is 0.0490 e. The fourth-order valence-corrected chi connectivity index (χ4v) is 2.58. The lowest BCUT2D eigenvalue weighted by Gasteiger charge is -2.15. The molecule has 0 aliphatic heterocycles. The van der Waals surface area contributed by atoms with Crippen LogP contribution in [0.5, 0.6) is 0 Å². The number of hydrogen-bond donors (Lipinski definition) is 2. The highest BCUT2D eigenvalue weighted by molar-refractivity contribution is 7.10. The average molecular weight is 235 g/mol. The van der Waals surface area contributed by atoms with Crippen molar-refractivity contribution in [1.82, 2.24) is 15.5 Å². The van der Waals surface area contributed by atoms with Gasteiger partial charge in [0.1, 0.15) is 0 Å². The minimum absolute atomic E-state index is 0.466. The lowest BCUT2D eigenvalue weighted by Crippen LogP contribution is -2.20. The molecule has 2 aromatic heterocycles. The van der Waals surface area contributed by atoms with Crippen molar-refractivity contribution in [3.05, 3.63) is 40.3 Å². The Morgan fingerprint density at radius 2 is 2.44 bits per heavy atom. The van der Waals surface area contributed by atoms with Crippen LogP contribution < -0.4 is 5.32 Å². The molecule has 0 bridgehead atoms. The van der Waals surface area contributed by atoms with Crippen LogP contribution in [0, 0.1) is 0 Å². The van der Waals surface area contributed by atoms with E-state index in [1.54, 1.807) is 6.20 Å². The summed E-state index contributed by atoms with van der Waals surface area (Å²) in [5, 5.41) is 12.6.